The molecule has 1 saturated carbocycles. The fourth-order valence-corrected chi connectivity index (χ4v) is 8.44. The summed E-state index contributed by atoms with van der Waals surface area (Å²) in [4.78, 5) is 69.7. The Morgan fingerprint density at radius 2 is 1.82 bits per heavy atom. The molecular formula is C36H41N7O6S2. The smallest absolute Gasteiger partial charge is 0.408 e. The zero-order chi connectivity index (χ0) is 35.9. The molecule has 2 aliphatic heterocycles. The number of nitrogens with zero attached hydrogens (tertiary/aromatic N) is 5. The van der Waals surface area contributed by atoms with Crippen LogP contribution in [-0.2, 0) is 19.1 Å². The molecular weight excluding hydrogens is 691 g/mol. The van der Waals surface area contributed by atoms with Crippen molar-refractivity contribution in [2.75, 3.05) is 6.54 Å². The Kier molecular flexibility index (Phi) is 9.44. The summed E-state index contributed by atoms with van der Waals surface area (Å²) in [5.74, 6) is -2.38. The number of alkyl carbamates (subject to hydrolysis) is 1. The molecule has 1 aromatic carbocycles. The molecule has 7 rings (SSSR count). The van der Waals surface area contributed by atoms with Crippen LogP contribution >= 0.6 is 22.7 Å². The minimum atomic E-state index is -1.43. The highest BCUT2D eigenvalue weighted by atomic mass is 32.1. The summed E-state index contributed by atoms with van der Waals surface area (Å²) in [6, 6.07) is 1.73. The average Bonchev–Trinajstić information content (AvgIpc) is 3.72. The van der Waals surface area contributed by atoms with Gasteiger partial charge in [0.15, 0.2) is 0 Å². The summed E-state index contributed by atoms with van der Waals surface area (Å²) in [5.41, 5.74) is 1.07. The van der Waals surface area contributed by atoms with Crippen LogP contribution in [0.1, 0.15) is 71.8 Å². The van der Waals surface area contributed by atoms with Gasteiger partial charge in [0.05, 0.1) is 23.4 Å². The molecule has 0 radical (unpaired) electrons. The largest absolute Gasteiger partial charge is 0.479 e. The van der Waals surface area contributed by atoms with Crippen molar-refractivity contribution in [3.05, 3.63) is 53.8 Å². The molecule has 1 unspecified atom stereocenters. The van der Waals surface area contributed by atoms with E-state index in [1.165, 1.54) is 27.6 Å². The molecule has 13 nitrogen and oxygen atoms in total. The second-order valence-corrected chi connectivity index (χ2v) is 16.2. The predicted octanol–water partition coefficient (Wildman–Crippen LogP) is 5.80. The Morgan fingerprint density at radius 3 is 2.53 bits per heavy atom. The maximum Gasteiger partial charge on any atom is 0.408 e. The molecule has 5 atom stereocenters. The number of carboxylic acid groups (broad SMARTS) is 1. The number of carboxylic acids is 1. The molecule has 3 N–H and O–H groups in total. The number of hydrogen-bond acceptors (Lipinski definition) is 10. The van der Waals surface area contributed by atoms with Crippen molar-refractivity contribution in [2.45, 2.75) is 95.0 Å². The number of nitrogens with one attached hydrogen (secondary N) is 2. The molecule has 3 aromatic heterocycles. The van der Waals surface area contributed by atoms with Crippen LogP contribution in [0.15, 0.2) is 53.8 Å². The molecule has 15 heteroatoms. The third-order valence-electron chi connectivity index (χ3n) is 9.74. The highest BCUT2D eigenvalue weighted by Gasteiger charge is 2.61. The van der Waals surface area contributed by atoms with E-state index in [-0.39, 0.29) is 31.3 Å². The molecule has 51 heavy (non-hydrogen) atoms. The van der Waals surface area contributed by atoms with Gasteiger partial charge in [0.1, 0.15) is 33.2 Å². The maximum atomic E-state index is 14.5. The summed E-state index contributed by atoms with van der Waals surface area (Å²) in [5, 5.41) is 21.3. The van der Waals surface area contributed by atoms with Gasteiger partial charge in [-0.25, -0.2) is 24.5 Å². The van der Waals surface area contributed by atoms with Crippen molar-refractivity contribution in [2.24, 2.45) is 5.92 Å². The van der Waals surface area contributed by atoms with E-state index < -0.39 is 47.1 Å². The van der Waals surface area contributed by atoms with Gasteiger partial charge in [0, 0.05) is 46.7 Å². The summed E-state index contributed by atoms with van der Waals surface area (Å²) in [7, 11) is 0. The van der Waals surface area contributed by atoms with E-state index in [1.54, 1.807) is 39.5 Å². The molecule has 1 saturated heterocycles. The SMILES string of the molecule is CC(C)(C)OC(=O)N[C@@H]1CCCCC/C=C\[C@@H]2CC2(C(=O)O)NC(=O)[C@@H]2C[C@@H](n3cnc4c(-c5nccs5)cc(-c5nccs5)cc43)CN2C1=O. The molecule has 3 aliphatic rings. The van der Waals surface area contributed by atoms with Gasteiger partial charge in [-0.15, -0.1) is 22.7 Å². The first-order chi connectivity index (χ1) is 24.4. The first kappa shape index (κ1) is 34.8. The number of imidazole rings is 1. The van der Waals surface area contributed by atoms with E-state index in [2.05, 4.69) is 20.6 Å². The monoisotopic (exact) mass is 731 g/mol. The predicted molar refractivity (Wildman–Crippen MR) is 193 cm³/mol. The number of thiazole rings is 2. The van der Waals surface area contributed by atoms with Gasteiger partial charge in [0.2, 0.25) is 11.8 Å². The van der Waals surface area contributed by atoms with E-state index in [9.17, 15) is 24.3 Å². The van der Waals surface area contributed by atoms with Crippen LogP contribution in [0.2, 0.25) is 0 Å². The number of amides is 3. The van der Waals surface area contributed by atoms with E-state index in [0.29, 0.717) is 12.8 Å². The topological polar surface area (TPSA) is 169 Å². The fourth-order valence-electron chi connectivity index (χ4n) is 7.16. The number of aliphatic carboxylic acids is 1. The third-order valence-corrected chi connectivity index (χ3v) is 11.4. The Bertz CT molecular complexity index is 1970. The van der Waals surface area contributed by atoms with Crippen LogP contribution < -0.4 is 10.6 Å². The molecule has 268 valence electrons. The minimum Gasteiger partial charge on any atom is -0.479 e. The van der Waals surface area contributed by atoms with Crippen LogP contribution in [0.4, 0.5) is 4.79 Å². The summed E-state index contributed by atoms with van der Waals surface area (Å²) < 4.78 is 7.51. The molecule has 0 spiro atoms. The van der Waals surface area contributed by atoms with Crippen LogP contribution in [0, 0.1) is 5.92 Å². The highest BCUT2D eigenvalue weighted by Crippen LogP contribution is 2.46. The second kappa shape index (κ2) is 13.8. The lowest BCUT2D eigenvalue weighted by Gasteiger charge is -2.30. The minimum absolute atomic E-state index is 0.145. The number of rotatable bonds is 5. The van der Waals surface area contributed by atoms with Crippen molar-refractivity contribution in [3.8, 4) is 21.1 Å². The maximum absolute atomic E-state index is 14.5. The van der Waals surface area contributed by atoms with Gasteiger partial charge in [0.25, 0.3) is 0 Å². The van der Waals surface area contributed by atoms with Crippen molar-refractivity contribution in [1.29, 1.82) is 0 Å². The lowest BCUT2D eigenvalue weighted by Crippen LogP contribution is -2.56. The number of aromatic nitrogens is 4. The van der Waals surface area contributed by atoms with E-state index in [1.807, 2.05) is 39.6 Å². The summed E-state index contributed by atoms with van der Waals surface area (Å²) in [6.45, 7) is 5.40. The molecule has 1 aliphatic carbocycles. The molecule has 5 heterocycles. The van der Waals surface area contributed by atoms with Crippen molar-refractivity contribution < 1.29 is 29.0 Å². The lowest BCUT2D eigenvalue weighted by molar-refractivity contribution is -0.145. The first-order valence-corrected chi connectivity index (χ1v) is 19.0. The van der Waals surface area contributed by atoms with E-state index in [0.717, 1.165) is 51.4 Å². The Balaban J connectivity index is 1.27. The Morgan fingerprint density at radius 1 is 1.06 bits per heavy atom. The zero-order valence-electron chi connectivity index (χ0n) is 28.7. The van der Waals surface area contributed by atoms with Gasteiger partial charge >= 0.3 is 12.1 Å². The van der Waals surface area contributed by atoms with Crippen molar-refractivity contribution >= 4 is 57.6 Å². The second-order valence-electron chi connectivity index (χ2n) is 14.5. The Labute approximate surface area is 303 Å². The number of benzene rings is 1. The van der Waals surface area contributed by atoms with Crippen LogP contribution in [-0.4, -0.2) is 83.2 Å². The molecule has 2 fully saturated rings. The lowest BCUT2D eigenvalue weighted by atomic mass is 10.0. The van der Waals surface area contributed by atoms with E-state index >= 15 is 0 Å². The van der Waals surface area contributed by atoms with Crippen LogP contribution in [0.25, 0.3) is 32.2 Å². The first-order valence-electron chi connectivity index (χ1n) is 17.3. The number of carbonyl (C=O) groups excluding carboxylic acids is 3. The molecule has 0 bridgehead atoms. The number of hydrogen-bond donors (Lipinski definition) is 3. The number of fused-ring (bicyclic) bond motifs is 3. The van der Waals surface area contributed by atoms with Gasteiger partial charge in [-0.2, -0.15) is 0 Å². The number of allylic oxidation sites excluding steroid dienone is 1. The van der Waals surface area contributed by atoms with Crippen molar-refractivity contribution in [3.63, 3.8) is 0 Å². The number of carbonyl (C=O) groups is 4. The van der Waals surface area contributed by atoms with Crippen LogP contribution in [0.3, 0.4) is 0 Å². The standard InChI is InChI=1S/C36H41N7O6S2/c1-35(2,3)49-34(48)40-25-10-8-6-4-5-7-9-22-18-36(22,33(46)47)41-29(44)27-17-23(19-42(27)32(25)45)43-20-39-28-24(31-38-12-14-51-31)15-21(16-26(28)43)30-37-11-13-50-30/h7,9,11-16,20,22-23,25,27H,4-6,8,10,17-19H2,1-3H3,(H,40,48)(H,41,44)(H,46,47)/b9-7-/t22-,23-,25-,27+,36?/m1/s1. The number of ether oxygens (including phenoxy) is 1. The zero-order valence-corrected chi connectivity index (χ0v) is 30.3. The fraction of sp³-hybridized carbons (Fsp3) is 0.472. The van der Waals surface area contributed by atoms with Gasteiger partial charge < -0.3 is 29.9 Å². The highest BCUT2D eigenvalue weighted by molar-refractivity contribution is 7.13. The normalized spacial score (nSPS) is 26.4. The summed E-state index contributed by atoms with van der Waals surface area (Å²) >= 11 is 3.02. The van der Waals surface area contributed by atoms with Crippen molar-refractivity contribution in [1.82, 2.24) is 35.1 Å². The average molecular weight is 732 g/mol. The van der Waals surface area contributed by atoms with E-state index in [4.69, 9.17) is 9.72 Å². The molecule has 4 aromatic rings. The third kappa shape index (κ3) is 7.13. The van der Waals surface area contributed by atoms with Gasteiger partial charge in [-0.1, -0.05) is 25.0 Å². The van der Waals surface area contributed by atoms with Crippen LogP contribution in [0.5, 0.6) is 0 Å². The Hall–Kier alpha value is -4.63. The quantitative estimate of drug-likeness (QED) is 0.215. The molecule has 3 amide bonds. The van der Waals surface area contributed by atoms with Gasteiger partial charge in [-0.05, 0) is 65.0 Å². The summed E-state index contributed by atoms with van der Waals surface area (Å²) in [6.07, 6.45) is 12.3. The van der Waals surface area contributed by atoms with Gasteiger partial charge in [-0.3, -0.25) is 9.59 Å².